The first-order valence-corrected chi connectivity index (χ1v) is 6.26. The summed E-state index contributed by atoms with van der Waals surface area (Å²) in [4.78, 5) is 6.38. The quantitative estimate of drug-likeness (QED) is 0.861. The molecule has 0 amide bonds. The van der Waals surface area contributed by atoms with Gasteiger partial charge in [-0.3, -0.25) is 4.90 Å². The van der Waals surface area contributed by atoms with Crippen LogP contribution in [0.25, 0.3) is 0 Å². The summed E-state index contributed by atoms with van der Waals surface area (Å²) < 4.78 is 5.70. The van der Waals surface area contributed by atoms with Crippen molar-refractivity contribution in [2.24, 2.45) is 0 Å². The second-order valence-corrected chi connectivity index (χ2v) is 4.28. The van der Waals surface area contributed by atoms with E-state index >= 15 is 0 Å². The van der Waals surface area contributed by atoms with Crippen LogP contribution in [-0.4, -0.2) is 48.8 Å². The van der Waals surface area contributed by atoms with Crippen LogP contribution in [0.4, 0.5) is 5.69 Å². The summed E-state index contributed by atoms with van der Waals surface area (Å²) in [7, 11) is 0. The molecular formula is C13H18N4O. The average Bonchev–Trinajstić information content (AvgIpc) is 2.45. The minimum atomic E-state index is 0.172. The molecule has 96 valence electrons. The van der Waals surface area contributed by atoms with Gasteiger partial charge < -0.3 is 10.1 Å². The first kappa shape index (κ1) is 12.8. The van der Waals surface area contributed by atoms with Gasteiger partial charge in [-0.15, -0.1) is 0 Å². The number of likely N-dealkylation sites (N-methyl/N-ethyl adjacent to an activating group) is 1. The lowest BCUT2D eigenvalue weighted by Gasteiger charge is -2.32. The van der Waals surface area contributed by atoms with Gasteiger partial charge in [0.25, 0.3) is 0 Å². The van der Waals surface area contributed by atoms with Crippen LogP contribution >= 0.6 is 0 Å². The van der Waals surface area contributed by atoms with Crippen LogP contribution in [-0.2, 0) is 4.74 Å². The van der Waals surface area contributed by atoms with E-state index in [1.165, 1.54) is 0 Å². The molecule has 0 bridgehead atoms. The molecule has 1 fully saturated rings. The molecule has 5 nitrogen and oxygen atoms in total. The van der Waals surface area contributed by atoms with E-state index in [4.69, 9.17) is 10.00 Å². The van der Waals surface area contributed by atoms with Crippen molar-refractivity contribution in [3.63, 3.8) is 0 Å². The third kappa shape index (κ3) is 3.19. The Morgan fingerprint density at radius 1 is 1.67 bits per heavy atom. The molecule has 0 radical (unpaired) electrons. The Morgan fingerprint density at radius 3 is 3.33 bits per heavy atom. The molecule has 1 atom stereocenters. The summed E-state index contributed by atoms with van der Waals surface area (Å²) >= 11 is 0. The fraction of sp³-hybridized carbons (Fsp3) is 0.538. The van der Waals surface area contributed by atoms with Crippen molar-refractivity contribution in [2.45, 2.75) is 13.0 Å². The van der Waals surface area contributed by atoms with Crippen molar-refractivity contribution in [2.75, 3.05) is 38.1 Å². The first-order chi connectivity index (χ1) is 8.83. The number of anilines is 1. The highest BCUT2D eigenvalue weighted by Gasteiger charge is 2.19. The molecule has 1 aliphatic heterocycles. The van der Waals surface area contributed by atoms with E-state index in [1.807, 2.05) is 12.1 Å². The Morgan fingerprint density at radius 2 is 2.56 bits per heavy atom. The fourth-order valence-electron chi connectivity index (χ4n) is 2.05. The molecule has 2 heterocycles. The Hall–Kier alpha value is -1.64. The minimum absolute atomic E-state index is 0.172. The summed E-state index contributed by atoms with van der Waals surface area (Å²) in [5.41, 5.74) is 1.21. The molecule has 0 spiro atoms. The molecule has 2 rings (SSSR count). The minimum Gasteiger partial charge on any atom is -0.380 e. The molecule has 1 saturated heterocycles. The van der Waals surface area contributed by atoms with E-state index in [9.17, 15) is 0 Å². The zero-order valence-electron chi connectivity index (χ0n) is 10.6. The van der Waals surface area contributed by atoms with Crippen molar-refractivity contribution in [1.82, 2.24) is 9.88 Å². The topological polar surface area (TPSA) is 61.2 Å². The van der Waals surface area contributed by atoms with E-state index in [2.05, 4.69) is 28.2 Å². The van der Waals surface area contributed by atoms with Crippen molar-refractivity contribution in [3.05, 3.63) is 24.0 Å². The Bertz CT molecular complexity index is 429. The molecule has 0 aliphatic carbocycles. The summed E-state index contributed by atoms with van der Waals surface area (Å²) in [6.07, 6.45) is 1.80. The van der Waals surface area contributed by atoms with Gasteiger partial charge in [-0.05, 0) is 18.7 Å². The Labute approximate surface area is 107 Å². The number of aromatic nitrogens is 1. The lowest BCUT2D eigenvalue weighted by atomic mass is 10.2. The highest BCUT2D eigenvalue weighted by Crippen LogP contribution is 2.12. The van der Waals surface area contributed by atoms with Gasteiger partial charge in [-0.1, -0.05) is 6.92 Å². The van der Waals surface area contributed by atoms with Crippen LogP contribution in [0.5, 0.6) is 0 Å². The highest BCUT2D eigenvalue weighted by molar-refractivity contribution is 5.53. The molecule has 0 saturated carbocycles. The second kappa shape index (κ2) is 6.34. The second-order valence-electron chi connectivity index (χ2n) is 4.28. The number of nitriles is 1. The molecular weight excluding hydrogens is 228 g/mol. The number of morpholine rings is 1. The maximum atomic E-state index is 8.94. The van der Waals surface area contributed by atoms with Gasteiger partial charge in [0.1, 0.15) is 6.07 Å². The number of nitrogens with zero attached hydrogens (tertiary/aromatic N) is 3. The molecule has 1 aromatic rings. The van der Waals surface area contributed by atoms with Gasteiger partial charge in [-0.25, -0.2) is 4.98 Å². The third-order valence-corrected chi connectivity index (χ3v) is 3.10. The standard InChI is InChI=1S/C13H18N4O/c1-2-17-6-7-18-11(10-17)9-16-12-4-3-5-15-13(12)8-14/h3-5,11,16H,2,6-7,9-10H2,1H3. The molecule has 1 unspecified atom stereocenters. The lowest BCUT2D eigenvalue weighted by Crippen LogP contribution is -2.45. The van der Waals surface area contributed by atoms with Crippen LogP contribution in [0.3, 0.4) is 0 Å². The van der Waals surface area contributed by atoms with Crippen LogP contribution in [0.2, 0.25) is 0 Å². The summed E-state index contributed by atoms with van der Waals surface area (Å²) in [5, 5.41) is 12.2. The molecule has 0 aromatic carbocycles. The highest BCUT2D eigenvalue weighted by atomic mass is 16.5. The number of rotatable bonds is 4. The van der Waals surface area contributed by atoms with Gasteiger partial charge in [0.05, 0.1) is 18.4 Å². The van der Waals surface area contributed by atoms with Crippen LogP contribution in [0.1, 0.15) is 12.6 Å². The molecule has 1 N–H and O–H groups in total. The molecule has 1 aromatic heterocycles. The molecule has 1 aliphatic rings. The number of pyridine rings is 1. The van der Waals surface area contributed by atoms with E-state index < -0.39 is 0 Å². The number of ether oxygens (including phenoxy) is 1. The van der Waals surface area contributed by atoms with Crippen LogP contribution in [0.15, 0.2) is 18.3 Å². The van der Waals surface area contributed by atoms with Gasteiger partial charge in [0.15, 0.2) is 5.69 Å². The van der Waals surface area contributed by atoms with E-state index in [-0.39, 0.29) is 6.10 Å². The normalized spacial score (nSPS) is 20.3. The van der Waals surface area contributed by atoms with Gasteiger partial charge >= 0.3 is 0 Å². The largest absolute Gasteiger partial charge is 0.380 e. The van der Waals surface area contributed by atoms with Crippen molar-refractivity contribution in [3.8, 4) is 6.07 Å². The van der Waals surface area contributed by atoms with E-state index in [0.29, 0.717) is 12.2 Å². The van der Waals surface area contributed by atoms with Crippen molar-refractivity contribution >= 4 is 5.69 Å². The Kier molecular flexibility index (Phi) is 4.51. The fourth-order valence-corrected chi connectivity index (χ4v) is 2.05. The summed E-state index contributed by atoms with van der Waals surface area (Å²) in [5.74, 6) is 0. The van der Waals surface area contributed by atoms with Gasteiger partial charge in [-0.2, -0.15) is 5.26 Å². The Balaban J connectivity index is 1.89. The predicted molar refractivity (Wildman–Crippen MR) is 69.3 cm³/mol. The maximum Gasteiger partial charge on any atom is 0.163 e. The smallest absolute Gasteiger partial charge is 0.163 e. The van der Waals surface area contributed by atoms with E-state index in [1.54, 1.807) is 6.20 Å². The van der Waals surface area contributed by atoms with Crippen LogP contribution < -0.4 is 5.32 Å². The molecule has 18 heavy (non-hydrogen) atoms. The zero-order valence-corrected chi connectivity index (χ0v) is 10.6. The van der Waals surface area contributed by atoms with Crippen molar-refractivity contribution < 1.29 is 4.74 Å². The average molecular weight is 246 g/mol. The van der Waals surface area contributed by atoms with Gasteiger partial charge in [0, 0.05) is 25.8 Å². The third-order valence-electron chi connectivity index (χ3n) is 3.10. The molecule has 5 heteroatoms. The number of hydrogen-bond acceptors (Lipinski definition) is 5. The van der Waals surface area contributed by atoms with Crippen LogP contribution in [0, 0.1) is 11.3 Å². The van der Waals surface area contributed by atoms with Crippen molar-refractivity contribution in [1.29, 1.82) is 5.26 Å². The monoisotopic (exact) mass is 246 g/mol. The predicted octanol–water partition coefficient (Wildman–Crippen LogP) is 1.09. The SMILES string of the molecule is CCN1CCOC(CNc2cccnc2C#N)C1. The number of hydrogen-bond donors (Lipinski definition) is 1. The summed E-state index contributed by atoms with van der Waals surface area (Å²) in [6.45, 7) is 6.63. The first-order valence-electron chi connectivity index (χ1n) is 6.26. The summed E-state index contributed by atoms with van der Waals surface area (Å²) in [6, 6.07) is 5.77. The van der Waals surface area contributed by atoms with Gasteiger partial charge in [0.2, 0.25) is 0 Å². The zero-order chi connectivity index (χ0) is 12.8. The maximum absolute atomic E-state index is 8.94. The number of nitrogens with one attached hydrogen (secondary N) is 1. The lowest BCUT2D eigenvalue weighted by molar-refractivity contribution is -0.0191. The van der Waals surface area contributed by atoms with E-state index in [0.717, 1.165) is 31.9 Å².